The van der Waals surface area contributed by atoms with Crippen molar-refractivity contribution in [3.8, 4) is 0 Å². The molecule has 9 heteroatoms. The molecule has 2 aromatic rings. The summed E-state index contributed by atoms with van der Waals surface area (Å²) in [6.07, 6.45) is 4.89. The quantitative estimate of drug-likeness (QED) is 0.403. The lowest BCUT2D eigenvalue weighted by molar-refractivity contribution is -0.146. The molecule has 1 aliphatic carbocycles. The van der Waals surface area contributed by atoms with Gasteiger partial charge in [-0.3, -0.25) is 19.2 Å². The molecule has 1 aliphatic rings. The fourth-order valence-electron chi connectivity index (χ4n) is 4.64. The summed E-state index contributed by atoms with van der Waals surface area (Å²) in [6, 6.07) is 6.92. The molecular formula is C26H35N3O5S. The van der Waals surface area contributed by atoms with Crippen LogP contribution in [0.3, 0.4) is 0 Å². The van der Waals surface area contributed by atoms with Crippen molar-refractivity contribution in [3.63, 3.8) is 0 Å². The van der Waals surface area contributed by atoms with E-state index in [4.69, 9.17) is 10.5 Å². The number of hydrogen-bond donors (Lipinski definition) is 3. The van der Waals surface area contributed by atoms with Crippen molar-refractivity contribution in [1.29, 1.82) is 0 Å². The number of H-pyrrole nitrogens is 1. The second kappa shape index (κ2) is 11.9. The third-order valence-corrected chi connectivity index (χ3v) is 7.85. The van der Waals surface area contributed by atoms with E-state index in [-0.39, 0.29) is 35.8 Å². The van der Waals surface area contributed by atoms with Gasteiger partial charge in [-0.25, -0.2) is 0 Å². The molecule has 8 nitrogen and oxygen atoms in total. The molecule has 1 fully saturated rings. The van der Waals surface area contributed by atoms with E-state index in [1.807, 2.05) is 44.3 Å². The van der Waals surface area contributed by atoms with E-state index in [2.05, 4.69) is 10.3 Å². The molecule has 1 aromatic carbocycles. The van der Waals surface area contributed by atoms with Crippen molar-refractivity contribution in [3.05, 3.63) is 36.0 Å². The summed E-state index contributed by atoms with van der Waals surface area (Å²) in [4.78, 5) is 53.3. The number of ether oxygens (including phenoxy) is 1. The number of fused-ring (bicyclic) bond motifs is 1. The van der Waals surface area contributed by atoms with Crippen LogP contribution in [0.15, 0.2) is 30.5 Å². The predicted molar refractivity (Wildman–Crippen MR) is 137 cm³/mol. The summed E-state index contributed by atoms with van der Waals surface area (Å²) in [5.41, 5.74) is 7.00. The molecular weight excluding hydrogens is 466 g/mol. The number of para-hydroxylation sites is 1. The Morgan fingerprint density at radius 3 is 2.51 bits per heavy atom. The molecule has 2 atom stereocenters. The molecule has 0 saturated heterocycles. The van der Waals surface area contributed by atoms with Crippen molar-refractivity contribution < 1.29 is 23.9 Å². The molecule has 0 radical (unpaired) electrons. The maximum atomic E-state index is 13.2. The zero-order chi connectivity index (χ0) is 25.6. The van der Waals surface area contributed by atoms with E-state index < -0.39 is 22.8 Å². The number of carbonyl (C=O) groups is 4. The minimum absolute atomic E-state index is 0.00196. The van der Waals surface area contributed by atoms with Gasteiger partial charge in [0.25, 0.3) is 0 Å². The summed E-state index contributed by atoms with van der Waals surface area (Å²) < 4.78 is 5.33. The number of thioether (sulfide) groups is 1. The Morgan fingerprint density at radius 2 is 1.86 bits per heavy atom. The highest BCUT2D eigenvalue weighted by Crippen LogP contribution is 2.33. The van der Waals surface area contributed by atoms with E-state index in [1.54, 1.807) is 0 Å². The van der Waals surface area contributed by atoms with Gasteiger partial charge >= 0.3 is 5.97 Å². The van der Waals surface area contributed by atoms with E-state index in [0.29, 0.717) is 19.3 Å². The van der Waals surface area contributed by atoms with E-state index in [9.17, 15) is 19.2 Å². The highest BCUT2D eigenvalue weighted by molar-refractivity contribution is 8.14. The molecule has 1 saturated carbocycles. The van der Waals surface area contributed by atoms with Gasteiger partial charge in [0.1, 0.15) is 6.04 Å². The third kappa shape index (κ3) is 6.73. The van der Waals surface area contributed by atoms with Gasteiger partial charge in [0, 0.05) is 36.9 Å². The molecule has 4 N–H and O–H groups in total. The van der Waals surface area contributed by atoms with Crippen LogP contribution in [0, 0.1) is 5.92 Å². The maximum Gasteiger partial charge on any atom is 0.323 e. The van der Waals surface area contributed by atoms with Crippen molar-refractivity contribution >= 4 is 45.4 Å². The molecule has 1 heterocycles. The molecule has 1 amide bonds. The number of aromatic amines is 1. The maximum absolute atomic E-state index is 13.2. The van der Waals surface area contributed by atoms with E-state index >= 15 is 0 Å². The normalized spacial score (nSPS) is 16.7. The van der Waals surface area contributed by atoms with E-state index in [0.717, 1.165) is 41.1 Å². The first-order chi connectivity index (χ1) is 16.6. The van der Waals surface area contributed by atoms with Crippen LogP contribution < -0.4 is 11.1 Å². The van der Waals surface area contributed by atoms with Crippen LogP contribution in [-0.4, -0.2) is 51.2 Å². The number of Topliss-reactive ketones (excluding diaryl/α,β-unsaturated/α-hetero) is 1. The first-order valence-electron chi connectivity index (χ1n) is 12.1. The number of esters is 1. The molecule has 0 aliphatic heterocycles. The molecule has 35 heavy (non-hydrogen) atoms. The highest BCUT2D eigenvalue weighted by atomic mass is 32.2. The molecule has 0 bridgehead atoms. The zero-order valence-corrected chi connectivity index (χ0v) is 21.4. The van der Waals surface area contributed by atoms with Crippen LogP contribution >= 0.6 is 11.8 Å². The van der Waals surface area contributed by atoms with Gasteiger partial charge in [0.05, 0.1) is 17.4 Å². The first-order valence-corrected chi connectivity index (χ1v) is 13.0. The van der Waals surface area contributed by atoms with Crippen LogP contribution in [-0.2, 0) is 30.3 Å². The third-order valence-electron chi connectivity index (χ3n) is 6.50. The molecule has 2 unspecified atom stereocenters. The summed E-state index contributed by atoms with van der Waals surface area (Å²) in [5, 5.41) is 3.27. The van der Waals surface area contributed by atoms with Gasteiger partial charge in [-0.2, -0.15) is 0 Å². The number of benzene rings is 1. The predicted octanol–water partition coefficient (Wildman–Crippen LogP) is 3.27. The number of hydrogen-bond acceptors (Lipinski definition) is 7. The average molecular weight is 502 g/mol. The Kier molecular flexibility index (Phi) is 9.13. The second-order valence-electron chi connectivity index (χ2n) is 9.56. The monoisotopic (exact) mass is 501 g/mol. The Bertz CT molecular complexity index is 1070. The summed E-state index contributed by atoms with van der Waals surface area (Å²) in [7, 11) is 0. The number of amides is 1. The van der Waals surface area contributed by atoms with Crippen molar-refractivity contribution in [2.45, 2.75) is 76.1 Å². The lowest BCUT2D eigenvalue weighted by atomic mass is 9.89. The van der Waals surface area contributed by atoms with Crippen LogP contribution in [0.4, 0.5) is 0 Å². The molecule has 0 spiro atoms. The highest BCUT2D eigenvalue weighted by Gasteiger charge is 2.43. The smallest absolute Gasteiger partial charge is 0.323 e. The molecule has 3 rings (SSSR count). The van der Waals surface area contributed by atoms with Gasteiger partial charge in [0.2, 0.25) is 5.91 Å². The van der Waals surface area contributed by atoms with Crippen LogP contribution in [0.2, 0.25) is 0 Å². The first kappa shape index (κ1) is 26.9. The largest absolute Gasteiger partial charge is 0.464 e. The van der Waals surface area contributed by atoms with Crippen LogP contribution in [0.1, 0.15) is 58.4 Å². The number of nitrogens with two attached hydrogens (primary N) is 1. The Balaban J connectivity index is 1.54. The van der Waals surface area contributed by atoms with Gasteiger partial charge in [-0.1, -0.05) is 56.7 Å². The summed E-state index contributed by atoms with van der Waals surface area (Å²) in [6.45, 7) is 5.10. The fourth-order valence-corrected chi connectivity index (χ4v) is 5.44. The number of carbonyl (C=O) groups excluding carboxylic acids is 4. The number of nitrogens with one attached hydrogen (secondary N) is 2. The Labute approximate surface area is 210 Å². The van der Waals surface area contributed by atoms with Gasteiger partial charge in [-0.15, -0.1) is 0 Å². The average Bonchev–Trinajstić information content (AvgIpc) is 3.45. The molecule has 190 valence electrons. The number of aromatic nitrogens is 1. The Morgan fingerprint density at radius 1 is 1.17 bits per heavy atom. The van der Waals surface area contributed by atoms with Crippen molar-refractivity contribution in [2.24, 2.45) is 11.7 Å². The minimum Gasteiger partial charge on any atom is -0.464 e. The lowest BCUT2D eigenvalue weighted by Gasteiger charge is -2.31. The van der Waals surface area contributed by atoms with Gasteiger partial charge in [0.15, 0.2) is 10.9 Å². The van der Waals surface area contributed by atoms with Crippen LogP contribution in [0.25, 0.3) is 10.9 Å². The number of ketones is 1. The lowest BCUT2D eigenvalue weighted by Crippen LogP contribution is -2.55. The van der Waals surface area contributed by atoms with Crippen molar-refractivity contribution in [1.82, 2.24) is 10.3 Å². The minimum atomic E-state index is -0.972. The zero-order valence-electron chi connectivity index (χ0n) is 20.6. The van der Waals surface area contributed by atoms with Crippen LogP contribution in [0.5, 0.6) is 0 Å². The summed E-state index contributed by atoms with van der Waals surface area (Å²) >= 11 is 0.989. The SMILES string of the molecule is CC(=O)SC(C(=O)NC1(C(=O)CCOC(=O)C(N)Cc2c[nH]c3ccccc23)CCCC1)C(C)C. The summed E-state index contributed by atoms with van der Waals surface area (Å²) in [5.74, 6) is -1.08. The molecule has 1 aromatic heterocycles. The standard InChI is InChI=1S/C26H35N3O5S/c1-16(2)23(35-17(3)30)24(32)29-26(11-6-7-12-26)22(31)10-13-34-25(33)20(27)14-18-15-28-21-9-5-4-8-19(18)21/h4-5,8-9,15-16,20,23,28H,6-7,10-14,27H2,1-3H3,(H,29,32). The second-order valence-corrected chi connectivity index (χ2v) is 10.9. The number of rotatable bonds is 11. The van der Waals surface area contributed by atoms with E-state index in [1.165, 1.54) is 6.92 Å². The topological polar surface area (TPSA) is 131 Å². The van der Waals surface area contributed by atoms with Crippen molar-refractivity contribution in [2.75, 3.05) is 6.61 Å². The van der Waals surface area contributed by atoms with Gasteiger partial charge < -0.3 is 20.8 Å². The Hall–Kier alpha value is -2.65. The fraction of sp³-hybridized carbons (Fsp3) is 0.538. The van der Waals surface area contributed by atoms with Gasteiger partial charge in [-0.05, 0) is 30.4 Å².